The predicted octanol–water partition coefficient (Wildman–Crippen LogP) is 1.76. The van der Waals surface area contributed by atoms with Gasteiger partial charge in [-0.25, -0.2) is 0 Å². The third kappa shape index (κ3) is 3.86. The Kier molecular flexibility index (Phi) is 5.34. The van der Waals surface area contributed by atoms with Crippen LogP contribution in [0.2, 0.25) is 0 Å². The first-order chi connectivity index (χ1) is 8.58. The first-order valence-corrected chi connectivity index (χ1v) is 6.05. The van der Waals surface area contributed by atoms with Crippen LogP contribution in [0.1, 0.15) is 41.3 Å². The zero-order valence-corrected chi connectivity index (χ0v) is 10.7. The maximum atomic E-state index is 11.9. The highest BCUT2D eigenvalue weighted by molar-refractivity contribution is 5.95. The predicted molar refractivity (Wildman–Crippen MR) is 69.1 cm³/mol. The normalized spacial score (nSPS) is 11.7. The fourth-order valence-electron chi connectivity index (χ4n) is 1.64. The topological polar surface area (TPSA) is 73.1 Å². The number of nitriles is 1. The number of benzene rings is 1. The van der Waals surface area contributed by atoms with Crippen molar-refractivity contribution in [2.24, 2.45) is 0 Å². The van der Waals surface area contributed by atoms with E-state index >= 15 is 0 Å². The van der Waals surface area contributed by atoms with Gasteiger partial charge in [-0.3, -0.25) is 4.79 Å². The van der Waals surface area contributed by atoms with Gasteiger partial charge in [0.15, 0.2) is 0 Å². The summed E-state index contributed by atoms with van der Waals surface area (Å²) in [6.07, 6.45) is 0.871. The van der Waals surface area contributed by atoms with E-state index in [1.165, 1.54) is 0 Å². The summed E-state index contributed by atoms with van der Waals surface area (Å²) < 4.78 is 0. The Labute approximate surface area is 107 Å². The van der Waals surface area contributed by atoms with Gasteiger partial charge in [-0.15, -0.1) is 0 Å². The molecule has 96 valence electrons. The first-order valence-electron chi connectivity index (χ1n) is 6.05. The summed E-state index contributed by atoms with van der Waals surface area (Å²) in [6.45, 7) is 4.15. The molecular weight excluding hydrogens is 228 g/mol. The zero-order valence-electron chi connectivity index (χ0n) is 10.7. The number of nitrogens with zero attached hydrogens (tertiary/aromatic N) is 1. The number of carbonyl (C=O) groups excluding carboxylic acids is 1. The summed E-state index contributed by atoms with van der Waals surface area (Å²) >= 11 is 0. The summed E-state index contributed by atoms with van der Waals surface area (Å²) in [4.78, 5) is 11.9. The molecule has 0 spiro atoms. The van der Waals surface area contributed by atoms with Crippen LogP contribution < -0.4 is 5.32 Å². The van der Waals surface area contributed by atoms with Crippen LogP contribution in [0, 0.1) is 18.3 Å². The molecule has 2 N–H and O–H groups in total. The maximum Gasteiger partial charge on any atom is 0.251 e. The lowest BCUT2D eigenvalue weighted by molar-refractivity contribution is 0.0941. The average Bonchev–Trinajstić information content (AvgIpc) is 2.37. The number of hydrogen-bond donors (Lipinski definition) is 2. The lowest BCUT2D eigenvalue weighted by atomic mass is 10.0. The van der Waals surface area contributed by atoms with Crippen molar-refractivity contribution in [2.45, 2.75) is 32.8 Å². The molecular formula is C14H18N2O2. The van der Waals surface area contributed by atoms with E-state index in [9.17, 15) is 9.90 Å². The third-order valence-corrected chi connectivity index (χ3v) is 2.83. The van der Waals surface area contributed by atoms with E-state index in [1.54, 1.807) is 25.1 Å². The summed E-state index contributed by atoms with van der Waals surface area (Å²) in [7, 11) is 0. The van der Waals surface area contributed by atoms with Gasteiger partial charge in [-0.1, -0.05) is 6.92 Å². The molecule has 0 aromatic heterocycles. The molecule has 4 nitrogen and oxygen atoms in total. The maximum absolute atomic E-state index is 11.9. The highest BCUT2D eigenvalue weighted by Crippen LogP contribution is 2.10. The van der Waals surface area contributed by atoms with Gasteiger partial charge in [0, 0.05) is 12.1 Å². The molecule has 1 atom stereocenters. The Morgan fingerprint density at radius 3 is 2.83 bits per heavy atom. The van der Waals surface area contributed by atoms with Crippen molar-refractivity contribution in [3.63, 3.8) is 0 Å². The van der Waals surface area contributed by atoms with E-state index in [1.807, 2.05) is 13.0 Å². The number of hydrogen-bond acceptors (Lipinski definition) is 3. The lowest BCUT2D eigenvalue weighted by Gasteiger charge is -2.10. The second-order valence-corrected chi connectivity index (χ2v) is 4.25. The van der Waals surface area contributed by atoms with Gasteiger partial charge in [0.25, 0.3) is 5.91 Å². The number of aliphatic hydroxyl groups is 1. The van der Waals surface area contributed by atoms with Crippen molar-refractivity contribution in [3.05, 3.63) is 34.9 Å². The average molecular weight is 246 g/mol. The molecule has 0 aliphatic carbocycles. The van der Waals surface area contributed by atoms with E-state index in [2.05, 4.69) is 5.32 Å². The summed E-state index contributed by atoms with van der Waals surface area (Å²) in [6, 6.07) is 7.01. The molecule has 0 saturated carbocycles. The number of carbonyl (C=O) groups is 1. The van der Waals surface area contributed by atoms with Crippen molar-refractivity contribution < 1.29 is 9.90 Å². The molecule has 0 fully saturated rings. The van der Waals surface area contributed by atoms with Crippen LogP contribution in [-0.4, -0.2) is 23.7 Å². The van der Waals surface area contributed by atoms with E-state index in [0.717, 1.165) is 5.56 Å². The Hall–Kier alpha value is -1.86. The number of aliphatic hydroxyl groups excluding tert-OH is 1. The van der Waals surface area contributed by atoms with Gasteiger partial charge in [-0.2, -0.15) is 5.26 Å². The molecule has 1 amide bonds. The summed E-state index contributed by atoms with van der Waals surface area (Å²) in [5, 5.41) is 20.9. The molecule has 0 aliphatic rings. The second-order valence-electron chi connectivity index (χ2n) is 4.25. The van der Waals surface area contributed by atoms with Crippen molar-refractivity contribution in [2.75, 3.05) is 6.54 Å². The van der Waals surface area contributed by atoms with Gasteiger partial charge in [-0.05, 0) is 43.5 Å². The zero-order chi connectivity index (χ0) is 13.5. The highest BCUT2D eigenvalue weighted by Gasteiger charge is 2.09. The van der Waals surface area contributed by atoms with Crippen LogP contribution in [-0.2, 0) is 0 Å². The molecule has 0 bridgehead atoms. The Morgan fingerprint density at radius 1 is 1.56 bits per heavy atom. The van der Waals surface area contributed by atoms with Crippen LogP contribution in [0.25, 0.3) is 0 Å². The summed E-state index contributed by atoms with van der Waals surface area (Å²) in [5.41, 5.74) is 1.90. The van der Waals surface area contributed by atoms with Gasteiger partial charge in [0.2, 0.25) is 0 Å². The van der Waals surface area contributed by atoms with Crippen LogP contribution in [0.15, 0.2) is 18.2 Å². The minimum Gasteiger partial charge on any atom is -0.393 e. The molecule has 0 radical (unpaired) electrons. The monoisotopic (exact) mass is 246 g/mol. The molecule has 0 heterocycles. The first kappa shape index (κ1) is 14.2. The molecule has 4 heteroatoms. The van der Waals surface area contributed by atoms with Crippen molar-refractivity contribution in [3.8, 4) is 6.07 Å². The number of rotatable bonds is 5. The third-order valence-electron chi connectivity index (χ3n) is 2.83. The SMILES string of the molecule is CCC(O)CCNC(=O)c1ccc(C#N)cc1C. The summed E-state index contributed by atoms with van der Waals surface area (Å²) in [5.74, 6) is -0.166. The lowest BCUT2D eigenvalue weighted by Crippen LogP contribution is -2.27. The van der Waals surface area contributed by atoms with E-state index < -0.39 is 0 Å². The largest absolute Gasteiger partial charge is 0.393 e. The smallest absolute Gasteiger partial charge is 0.251 e. The number of aryl methyl sites for hydroxylation is 1. The van der Waals surface area contributed by atoms with E-state index in [0.29, 0.717) is 30.5 Å². The molecule has 0 saturated heterocycles. The minimum atomic E-state index is -0.368. The van der Waals surface area contributed by atoms with Crippen molar-refractivity contribution >= 4 is 5.91 Å². The Morgan fingerprint density at radius 2 is 2.28 bits per heavy atom. The highest BCUT2D eigenvalue weighted by atomic mass is 16.3. The van der Waals surface area contributed by atoms with Gasteiger partial charge in [0.1, 0.15) is 0 Å². The second kappa shape index (κ2) is 6.77. The molecule has 1 aromatic carbocycles. The Bertz CT molecular complexity index is 463. The molecule has 1 rings (SSSR count). The fourth-order valence-corrected chi connectivity index (χ4v) is 1.64. The van der Waals surface area contributed by atoms with E-state index in [-0.39, 0.29) is 12.0 Å². The van der Waals surface area contributed by atoms with Crippen LogP contribution in [0.3, 0.4) is 0 Å². The number of amides is 1. The van der Waals surface area contributed by atoms with Crippen LogP contribution in [0.5, 0.6) is 0 Å². The fraction of sp³-hybridized carbons (Fsp3) is 0.429. The van der Waals surface area contributed by atoms with Crippen LogP contribution >= 0.6 is 0 Å². The van der Waals surface area contributed by atoms with E-state index in [4.69, 9.17) is 5.26 Å². The van der Waals surface area contributed by atoms with Crippen LogP contribution in [0.4, 0.5) is 0 Å². The molecule has 1 unspecified atom stereocenters. The van der Waals surface area contributed by atoms with Crippen molar-refractivity contribution in [1.82, 2.24) is 5.32 Å². The molecule has 1 aromatic rings. The van der Waals surface area contributed by atoms with Gasteiger partial charge in [0.05, 0.1) is 17.7 Å². The quantitative estimate of drug-likeness (QED) is 0.831. The minimum absolute atomic E-state index is 0.166. The molecule has 0 aliphatic heterocycles. The number of nitrogens with one attached hydrogen (secondary N) is 1. The van der Waals surface area contributed by atoms with Gasteiger partial charge >= 0.3 is 0 Å². The van der Waals surface area contributed by atoms with Crippen molar-refractivity contribution in [1.29, 1.82) is 5.26 Å². The Balaban J connectivity index is 2.60. The molecule has 18 heavy (non-hydrogen) atoms. The standard InChI is InChI=1S/C14H18N2O2/c1-3-12(17)6-7-16-14(18)13-5-4-11(9-15)8-10(13)2/h4-5,8,12,17H,3,6-7H2,1-2H3,(H,16,18). The van der Waals surface area contributed by atoms with Gasteiger partial charge < -0.3 is 10.4 Å².